The monoisotopic (exact) mass is 685 g/mol. The lowest BCUT2D eigenvalue weighted by Gasteiger charge is -2.37. The van der Waals surface area contributed by atoms with Gasteiger partial charge in [-0.1, -0.05) is 66.7 Å². The third kappa shape index (κ3) is 11.7. The molecule has 0 aliphatic carbocycles. The van der Waals surface area contributed by atoms with Gasteiger partial charge in [-0.25, -0.2) is 4.79 Å². The normalized spacial score (nSPS) is 16.6. The van der Waals surface area contributed by atoms with Crippen LogP contribution in [-0.4, -0.2) is 69.6 Å². The molecule has 4 aromatic rings. The molecule has 0 bridgehead atoms. The number of hydroxylamine groups is 2. The summed E-state index contributed by atoms with van der Waals surface area (Å²) in [5.74, 6) is 1.75. The predicted molar refractivity (Wildman–Crippen MR) is 193 cm³/mol. The number of hydrogen-bond acceptors (Lipinski definition) is 9. The summed E-state index contributed by atoms with van der Waals surface area (Å²) in [6.07, 6.45) is 1.41. The largest absolute Gasteiger partial charge is 0.528 e. The van der Waals surface area contributed by atoms with E-state index in [1.807, 2.05) is 63.2 Å². The van der Waals surface area contributed by atoms with Crippen LogP contribution in [0.3, 0.4) is 0 Å². The van der Waals surface area contributed by atoms with Crippen molar-refractivity contribution in [2.24, 2.45) is 0 Å². The highest BCUT2D eigenvalue weighted by Crippen LogP contribution is 2.33. The first-order valence-electron chi connectivity index (χ1n) is 17.5. The van der Waals surface area contributed by atoms with Crippen molar-refractivity contribution in [2.75, 3.05) is 46.6 Å². The van der Waals surface area contributed by atoms with Crippen molar-refractivity contribution < 1.29 is 38.1 Å². The van der Waals surface area contributed by atoms with Gasteiger partial charge in [0.1, 0.15) is 17.1 Å². The van der Waals surface area contributed by atoms with Gasteiger partial charge in [0.2, 0.25) is 0 Å². The number of rotatable bonds is 17. The number of nitrogens with zero attached hydrogens (tertiary/aromatic N) is 1. The Bertz CT molecular complexity index is 1600. The summed E-state index contributed by atoms with van der Waals surface area (Å²) in [4.78, 5) is 18.1. The fourth-order valence-electron chi connectivity index (χ4n) is 5.92. The molecule has 268 valence electrons. The highest BCUT2D eigenvalue weighted by Gasteiger charge is 2.34. The van der Waals surface area contributed by atoms with Crippen LogP contribution in [0.1, 0.15) is 62.6 Å². The van der Waals surface area contributed by atoms with E-state index in [0.717, 1.165) is 52.7 Å². The summed E-state index contributed by atoms with van der Waals surface area (Å²) in [5.41, 5.74) is 2.70. The van der Waals surface area contributed by atoms with Crippen LogP contribution >= 0.6 is 0 Å². The minimum absolute atomic E-state index is 0.0917. The Balaban J connectivity index is 1.20. The van der Waals surface area contributed by atoms with Crippen molar-refractivity contribution >= 4 is 16.9 Å². The van der Waals surface area contributed by atoms with E-state index in [0.29, 0.717) is 52.7 Å². The van der Waals surface area contributed by atoms with E-state index in [4.69, 9.17) is 33.3 Å². The molecule has 0 saturated carbocycles. The first kappa shape index (κ1) is 37.1. The van der Waals surface area contributed by atoms with Crippen LogP contribution < -0.4 is 9.47 Å². The minimum Gasteiger partial charge on any atom is -0.494 e. The van der Waals surface area contributed by atoms with Crippen LogP contribution in [0.5, 0.6) is 11.5 Å². The molecule has 0 N–H and O–H groups in total. The number of carbonyl (C=O) groups excluding carboxylic acids is 1. The van der Waals surface area contributed by atoms with Gasteiger partial charge in [0.15, 0.2) is 0 Å². The van der Waals surface area contributed by atoms with Gasteiger partial charge in [-0.2, -0.15) is 0 Å². The maximum absolute atomic E-state index is 12.5. The van der Waals surface area contributed by atoms with Gasteiger partial charge in [0.05, 0.1) is 45.7 Å². The smallest absolute Gasteiger partial charge is 0.494 e. The zero-order valence-electron chi connectivity index (χ0n) is 29.8. The third-order valence-electron chi connectivity index (χ3n) is 8.36. The quantitative estimate of drug-likeness (QED) is 0.0803. The summed E-state index contributed by atoms with van der Waals surface area (Å²) in [5, 5.41) is 3.80. The van der Waals surface area contributed by atoms with Crippen LogP contribution in [0.15, 0.2) is 91.0 Å². The molecule has 1 aliphatic heterocycles. The molecule has 1 fully saturated rings. The van der Waals surface area contributed by atoms with Crippen molar-refractivity contribution in [2.45, 2.75) is 70.9 Å². The maximum Gasteiger partial charge on any atom is 0.528 e. The number of hydrogen-bond donors (Lipinski definition) is 0. The molecule has 4 aromatic carbocycles. The molecule has 1 heterocycles. The second-order valence-corrected chi connectivity index (χ2v) is 13.5. The van der Waals surface area contributed by atoms with Crippen molar-refractivity contribution in [3.63, 3.8) is 0 Å². The van der Waals surface area contributed by atoms with Gasteiger partial charge < -0.3 is 33.3 Å². The number of carbonyl (C=O) groups is 1. The Morgan fingerprint density at radius 1 is 0.800 bits per heavy atom. The highest BCUT2D eigenvalue weighted by atomic mass is 16.8. The average Bonchev–Trinajstić information content (AvgIpc) is 3.11. The van der Waals surface area contributed by atoms with Gasteiger partial charge in [0.25, 0.3) is 0 Å². The van der Waals surface area contributed by atoms with Crippen LogP contribution in [0.4, 0.5) is 4.79 Å². The Kier molecular flexibility index (Phi) is 13.9. The van der Waals surface area contributed by atoms with Crippen molar-refractivity contribution in [3.05, 3.63) is 108 Å². The van der Waals surface area contributed by atoms with Gasteiger partial charge in [-0.15, -0.1) is 5.06 Å². The standard InChI is InChI=1S/C41H51NO8/c1-41(2,3)49-40(43)50-42-22-21-36(34-17-19-35(20-18-34)46-25-10-24-45-29-31-11-6-5-7-12-31)39(28-42)48-30-32-15-16-33-13-8-14-38(37(33)27-32)47-26-9-23-44-4/h5-8,11-20,27,36,39H,9-10,21-26,28-30H2,1-4H3. The first-order valence-corrected chi connectivity index (χ1v) is 17.5. The molecule has 2 atom stereocenters. The maximum atomic E-state index is 12.5. The van der Waals surface area contributed by atoms with Crippen molar-refractivity contribution in [1.29, 1.82) is 0 Å². The fraction of sp³-hybridized carbons (Fsp3) is 0.439. The second kappa shape index (κ2) is 18.7. The molecule has 0 spiro atoms. The van der Waals surface area contributed by atoms with E-state index in [2.05, 4.69) is 48.5 Å². The molecule has 0 amide bonds. The lowest BCUT2D eigenvalue weighted by atomic mass is 9.87. The van der Waals surface area contributed by atoms with Gasteiger partial charge in [-0.3, -0.25) is 0 Å². The molecule has 50 heavy (non-hydrogen) atoms. The van der Waals surface area contributed by atoms with E-state index in [1.165, 1.54) is 5.56 Å². The number of piperidine rings is 1. The summed E-state index contributed by atoms with van der Waals surface area (Å²) < 4.78 is 35.1. The second-order valence-electron chi connectivity index (χ2n) is 13.5. The highest BCUT2D eigenvalue weighted by molar-refractivity contribution is 5.88. The molecular weight excluding hydrogens is 634 g/mol. The Morgan fingerprint density at radius 3 is 2.36 bits per heavy atom. The van der Waals surface area contributed by atoms with E-state index < -0.39 is 11.8 Å². The fourth-order valence-corrected chi connectivity index (χ4v) is 5.92. The number of benzene rings is 4. The number of methoxy groups -OCH3 is 1. The van der Waals surface area contributed by atoms with Crippen LogP contribution in [0, 0.1) is 0 Å². The van der Waals surface area contributed by atoms with Gasteiger partial charge in [-0.05, 0) is 73.5 Å². The topological polar surface area (TPSA) is 84.9 Å². The molecule has 2 unspecified atom stereocenters. The van der Waals surface area contributed by atoms with E-state index >= 15 is 0 Å². The molecule has 1 saturated heterocycles. The Morgan fingerprint density at radius 2 is 1.58 bits per heavy atom. The SMILES string of the molecule is COCCCOc1cccc2ccc(COC3CN(OC(=O)OC(C)(C)C)CCC3c3ccc(OCCCOCc4ccccc4)cc3)cc12. The summed E-state index contributed by atoms with van der Waals surface area (Å²) >= 11 is 0. The number of ether oxygens (including phenoxy) is 6. The Labute approximate surface area is 296 Å². The number of fused-ring (bicyclic) bond motifs is 1. The molecule has 9 heteroatoms. The van der Waals surface area contributed by atoms with Crippen LogP contribution in [0.2, 0.25) is 0 Å². The minimum atomic E-state index is -0.714. The van der Waals surface area contributed by atoms with E-state index in [9.17, 15) is 4.79 Å². The molecule has 0 aromatic heterocycles. The lowest BCUT2D eigenvalue weighted by molar-refractivity contribution is -0.179. The predicted octanol–water partition coefficient (Wildman–Crippen LogP) is 8.48. The van der Waals surface area contributed by atoms with E-state index in [-0.39, 0.29) is 12.0 Å². The zero-order valence-corrected chi connectivity index (χ0v) is 29.8. The Hall–Kier alpha value is -4.15. The zero-order chi connectivity index (χ0) is 35.2. The van der Waals surface area contributed by atoms with Crippen LogP contribution in [-0.2, 0) is 37.0 Å². The average molecular weight is 686 g/mol. The van der Waals surface area contributed by atoms with Crippen molar-refractivity contribution in [3.8, 4) is 11.5 Å². The van der Waals surface area contributed by atoms with Gasteiger partial charge in [0, 0.05) is 44.4 Å². The summed E-state index contributed by atoms with van der Waals surface area (Å²) in [7, 11) is 1.70. The third-order valence-corrected chi connectivity index (χ3v) is 8.36. The molecule has 1 aliphatic rings. The lowest BCUT2D eigenvalue weighted by Crippen LogP contribution is -2.45. The van der Waals surface area contributed by atoms with Gasteiger partial charge >= 0.3 is 6.16 Å². The molecule has 9 nitrogen and oxygen atoms in total. The molecule has 0 radical (unpaired) electrons. The van der Waals surface area contributed by atoms with E-state index in [1.54, 1.807) is 12.2 Å². The molecule has 5 rings (SSSR count). The van der Waals surface area contributed by atoms with Crippen molar-refractivity contribution in [1.82, 2.24) is 5.06 Å². The summed E-state index contributed by atoms with van der Waals surface area (Å²) in [6.45, 7) is 9.87. The van der Waals surface area contributed by atoms with Crippen LogP contribution in [0.25, 0.3) is 10.8 Å². The summed E-state index contributed by atoms with van der Waals surface area (Å²) in [6, 6.07) is 30.8. The molecular formula is C41H51NO8. The first-order chi connectivity index (χ1) is 24.3.